The first kappa shape index (κ1) is 13.8. The number of hydrogen-bond donors (Lipinski definition) is 1. The van der Waals surface area contributed by atoms with Crippen molar-refractivity contribution in [2.75, 3.05) is 32.8 Å². The Morgan fingerprint density at radius 1 is 1.50 bits per heavy atom. The highest BCUT2D eigenvalue weighted by molar-refractivity contribution is 7.07. The lowest BCUT2D eigenvalue weighted by Crippen LogP contribution is -2.54. The van der Waals surface area contributed by atoms with E-state index in [1.165, 1.54) is 5.56 Å². The predicted octanol–water partition coefficient (Wildman–Crippen LogP) is 1.29. The summed E-state index contributed by atoms with van der Waals surface area (Å²) in [6.07, 6.45) is 0.0620. The van der Waals surface area contributed by atoms with Crippen LogP contribution in [0.4, 0.5) is 0 Å². The molecule has 18 heavy (non-hydrogen) atoms. The second-order valence-corrected chi connectivity index (χ2v) is 5.34. The number of hydrogen-bond acceptors (Lipinski definition) is 4. The van der Waals surface area contributed by atoms with E-state index in [9.17, 15) is 4.79 Å². The van der Waals surface area contributed by atoms with E-state index >= 15 is 0 Å². The summed E-state index contributed by atoms with van der Waals surface area (Å²) >= 11 is 1.67. The molecule has 100 valence electrons. The molecule has 1 aromatic heterocycles. The number of ether oxygens (including phenoxy) is 1. The lowest BCUT2D eigenvalue weighted by atomic mass is 10.0. The van der Waals surface area contributed by atoms with Crippen molar-refractivity contribution in [3.8, 4) is 0 Å². The number of nitrogens with zero attached hydrogens (tertiary/aromatic N) is 1. The second kappa shape index (κ2) is 6.02. The number of amides is 1. The number of morpholine rings is 1. The molecule has 4 nitrogen and oxygen atoms in total. The van der Waals surface area contributed by atoms with Gasteiger partial charge in [0.1, 0.15) is 6.10 Å². The van der Waals surface area contributed by atoms with Gasteiger partial charge in [0.15, 0.2) is 0 Å². The first-order valence-electron chi connectivity index (χ1n) is 5.98. The molecule has 1 amide bonds. The molecule has 0 spiro atoms. The Morgan fingerprint density at radius 3 is 2.94 bits per heavy atom. The Balaban J connectivity index is 0.00000120. The minimum absolute atomic E-state index is 0. The summed E-state index contributed by atoms with van der Waals surface area (Å²) < 4.78 is 5.73. The van der Waals surface area contributed by atoms with E-state index in [1.807, 2.05) is 4.90 Å². The average molecular weight is 289 g/mol. The maximum Gasteiger partial charge on any atom is 0.228 e. The van der Waals surface area contributed by atoms with E-state index in [-0.39, 0.29) is 30.3 Å². The third-order valence-corrected chi connectivity index (χ3v) is 4.13. The van der Waals surface area contributed by atoms with Crippen molar-refractivity contribution in [3.05, 3.63) is 22.4 Å². The Bertz CT molecular complexity index is 395. The highest BCUT2D eigenvalue weighted by atomic mass is 35.5. The van der Waals surface area contributed by atoms with Crippen LogP contribution in [0.15, 0.2) is 16.8 Å². The molecule has 1 N–H and O–H groups in total. The van der Waals surface area contributed by atoms with E-state index in [0.717, 1.165) is 19.6 Å². The van der Waals surface area contributed by atoms with Crippen molar-refractivity contribution in [2.24, 2.45) is 5.92 Å². The fourth-order valence-electron chi connectivity index (χ4n) is 2.23. The molecule has 1 unspecified atom stereocenters. The number of halogens is 1. The monoisotopic (exact) mass is 288 g/mol. The van der Waals surface area contributed by atoms with Crippen molar-refractivity contribution in [1.82, 2.24) is 10.2 Å². The van der Waals surface area contributed by atoms with Gasteiger partial charge in [0.05, 0.1) is 19.1 Å². The van der Waals surface area contributed by atoms with Gasteiger partial charge < -0.3 is 15.0 Å². The van der Waals surface area contributed by atoms with E-state index in [1.54, 1.807) is 11.3 Å². The number of thiophene rings is 1. The molecule has 0 aliphatic carbocycles. The molecule has 1 atom stereocenters. The molecule has 0 bridgehead atoms. The van der Waals surface area contributed by atoms with Crippen molar-refractivity contribution in [3.63, 3.8) is 0 Å². The van der Waals surface area contributed by atoms with Crippen LogP contribution in [0.3, 0.4) is 0 Å². The van der Waals surface area contributed by atoms with Crippen LogP contribution in [0.25, 0.3) is 0 Å². The third kappa shape index (κ3) is 2.69. The summed E-state index contributed by atoms with van der Waals surface area (Å²) in [5.74, 6) is 0.475. The average Bonchev–Trinajstić information content (AvgIpc) is 2.80. The van der Waals surface area contributed by atoms with Crippen LogP contribution in [-0.4, -0.2) is 43.6 Å². The van der Waals surface area contributed by atoms with Gasteiger partial charge in [-0.1, -0.05) is 0 Å². The van der Waals surface area contributed by atoms with Gasteiger partial charge in [0.25, 0.3) is 0 Å². The van der Waals surface area contributed by atoms with Gasteiger partial charge in [0.2, 0.25) is 5.91 Å². The molecule has 3 rings (SSSR count). The minimum atomic E-state index is 0. The van der Waals surface area contributed by atoms with Crippen LogP contribution in [0, 0.1) is 5.92 Å². The van der Waals surface area contributed by atoms with Gasteiger partial charge in [-0.25, -0.2) is 0 Å². The SMILES string of the molecule is Cl.O=C(C1CNC1)N1CCOC(c2ccsc2)C1. The van der Waals surface area contributed by atoms with Crippen LogP contribution in [0.2, 0.25) is 0 Å². The zero-order valence-electron chi connectivity index (χ0n) is 10.0. The zero-order valence-corrected chi connectivity index (χ0v) is 11.6. The van der Waals surface area contributed by atoms with Crippen LogP contribution < -0.4 is 5.32 Å². The zero-order chi connectivity index (χ0) is 11.7. The minimum Gasteiger partial charge on any atom is -0.370 e. The van der Waals surface area contributed by atoms with Crippen LogP contribution in [0.1, 0.15) is 11.7 Å². The molecular weight excluding hydrogens is 272 g/mol. The van der Waals surface area contributed by atoms with Crippen LogP contribution in [-0.2, 0) is 9.53 Å². The molecule has 2 fully saturated rings. The quantitative estimate of drug-likeness (QED) is 0.892. The topological polar surface area (TPSA) is 41.6 Å². The summed E-state index contributed by atoms with van der Waals surface area (Å²) in [5, 5.41) is 7.29. The summed E-state index contributed by atoms with van der Waals surface area (Å²) in [7, 11) is 0. The Morgan fingerprint density at radius 2 is 2.33 bits per heavy atom. The Labute approximate surface area is 117 Å². The predicted molar refractivity (Wildman–Crippen MR) is 73.2 cm³/mol. The molecule has 3 heterocycles. The highest BCUT2D eigenvalue weighted by Gasteiger charge is 2.32. The normalized spacial score (nSPS) is 24.2. The Kier molecular flexibility index (Phi) is 4.61. The molecule has 0 saturated carbocycles. The molecule has 1 aromatic rings. The molecule has 2 aliphatic rings. The number of carbonyl (C=O) groups excluding carboxylic acids is 1. The summed E-state index contributed by atoms with van der Waals surface area (Å²) in [5.41, 5.74) is 1.19. The maximum absolute atomic E-state index is 12.1. The van der Waals surface area contributed by atoms with Gasteiger partial charge in [-0.3, -0.25) is 4.79 Å². The molecule has 6 heteroatoms. The smallest absolute Gasteiger partial charge is 0.228 e. The van der Waals surface area contributed by atoms with Crippen molar-refractivity contribution >= 4 is 29.7 Å². The van der Waals surface area contributed by atoms with Gasteiger partial charge in [0, 0.05) is 19.6 Å². The summed E-state index contributed by atoms with van der Waals surface area (Å²) in [6, 6.07) is 2.08. The first-order chi connectivity index (χ1) is 8.34. The number of rotatable bonds is 2. The summed E-state index contributed by atoms with van der Waals surface area (Å²) in [4.78, 5) is 14.1. The van der Waals surface area contributed by atoms with Gasteiger partial charge in [-0.2, -0.15) is 11.3 Å². The maximum atomic E-state index is 12.1. The number of nitrogens with one attached hydrogen (secondary N) is 1. The Hall–Kier alpha value is -0.620. The first-order valence-corrected chi connectivity index (χ1v) is 6.92. The van der Waals surface area contributed by atoms with Crippen molar-refractivity contribution < 1.29 is 9.53 Å². The lowest BCUT2D eigenvalue weighted by Gasteiger charge is -2.37. The van der Waals surface area contributed by atoms with E-state index in [4.69, 9.17) is 4.74 Å². The number of carbonyl (C=O) groups is 1. The second-order valence-electron chi connectivity index (χ2n) is 4.56. The van der Waals surface area contributed by atoms with E-state index < -0.39 is 0 Å². The van der Waals surface area contributed by atoms with Gasteiger partial charge in [-0.15, -0.1) is 12.4 Å². The van der Waals surface area contributed by atoms with Gasteiger partial charge >= 0.3 is 0 Å². The molecule has 2 saturated heterocycles. The molecular formula is C12H17ClN2O2S. The van der Waals surface area contributed by atoms with Crippen LogP contribution in [0.5, 0.6) is 0 Å². The lowest BCUT2D eigenvalue weighted by molar-refractivity contribution is -0.144. The molecule has 2 aliphatic heterocycles. The fraction of sp³-hybridized carbons (Fsp3) is 0.583. The van der Waals surface area contributed by atoms with Gasteiger partial charge in [-0.05, 0) is 22.4 Å². The fourth-order valence-corrected chi connectivity index (χ4v) is 2.93. The van der Waals surface area contributed by atoms with E-state index in [2.05, 4.69) is 22.1 Å². The van der Waals surface area contributed by atoms with Crippen LogP contribution >= 0.6 is 23.7 Å². The largest absolute Gasteiger partial charge is 0.370 e. The van der Waals surface area contributed by atoms with Crippen molar-refractivity contribution in [2.45, 2.75) is 6.10 Å². The van der Waals surface area contributed by atoms with Crippen molar-refractivity contribution in [1.29, 1.82) is 0 Å². The third-order valence-electron chi connectivity index (χ3n) is 3.42. The molecule has 0 aromatic carbocycles. The standard InChI is InChI=1S/C12H16N2O2S.ClH/c15-12(10-5-13-6-10)14-2-3-16-11(7-14)9-1-4-17-8-9;/h1,4,8,10-11,13H,2-3,5-7H2;1H. The summed E-state index contributed by atoms with van der Waals surface area (Å²) in [6.45, 7) is 3.74. The molecule has 0 radical (unpaired) electrons. The highest BCUT2D eigenvalue weighted by Crippen LogP contribution is 2.25. The van der Waals surface area contributed by atoms with E-state index in [0.29, 0.717) is 13.2 Å².